The Bertz CT molecular complexity index is 1220. The monoisotopic (exact) mass is 450 g/mol. The quantitative estimate of drug-likeness (QED) is 0.458. The van der Waals surface area contributed by atoms with E-state index < -0.39 is 35.1 Å². The molecule has 0 bridgehead atoms. The predicted molar refractivity (Wildman–Crippen MR) is 108 cm³/mol. The Labute approximate surface area is 179 Å². The number of methoxy groups -OCH3 is 1. The average Bonchev–Trinajstić information content (AvgIpc) is 2.73. The lowest BCUT2D eigenvalue weighted by molar-refractivity contribution is -0.137. The number of hydrogen-bond acceptors (Lipinski definition) is 5. The summed E-state index contributed by atoms with van der Waals surface area (Å²) in [5.74, 6) is -1.36. The van der Waals surface area contributed by atoms with Gasteiger partial charge < -0.3 is 15.8 Å². The van der Waals surface area contributed by atoms with E-state index in [2.05, 4.69) is 10.4 Å². The van der Waals surface area contributed by atoms with Gasteiger partial charge in [0.05, 0.1) is 18.7 Å². The van der Waals surface area contributed by atoms with E-state index in [0.717, 1.165) is 30.3 Å². The molecule has 0 fully saturated rings. The van der Waals surface area contributed by atoms with Gasteiger partial charge in [-0.3, -0.25) is 9.59 Å². The molecule has 1 amide bonds. The molecule has 0 unspecified atom stereocenters. The van der Waals surface area contributed by atoms with E-state index in [-0.39, 0.29) is 28.4 Å². The number of alkyl halides is 3. The summed E-state index contributed by atoms with van der Waals surface area (Å²) in [6, 6.07) is 7.99. The third-order valence-corrected chi connectivity index (χ3v) is 4.57. The largest absolute Gasteiger partial charge is 0.497 e. The smallest absolute Gasteiger partial charge is 0.416 e. The first kappa shape index (κ1) is 22.8. The minimum Gasteiger partial charge on any atom is -0.497 e. The van der Waals surface area contributed by atoms with E-state index in [1.54, 1.807) is 0 Å². The zero-order valence-electron chi connectivity index (χ0n) is 16.9. The summed E-state index contributed by atoms with van der Waals surface area (Å²) in [6.07, 6.45) is -4.60. The number of anilines is 1. The minimum absolute atomic E-state index is 0.113. The van der Waals surface area contributed by atoms with Crippen LogP contribution in [0.15, 0.2) is 53.3 Å². The van der Waals surface area contributed by atoms with E-state index in [9.17, 15) is 27.2 Å². The van der Waals surface area contributed by atoms with Crippen molar-refractivity contribution >= 4 is 11.6 Å². The maximum atomic E-state index is 14.4. The predicted octanol–water partition coefficient (Wildman–Crippen LogP) is 3.47. The fourth-order valence-electron chi connectivity index (χ4n) is 2.94. The number of nitrogens with zero attached hydrogens (tertiary/aromatic N) is 2. The summed E-state index contributed by atoms with van der Waals surface area (Å²) < 4.78 is 59.1. The van der Waals surface area contributed by atoms with Crippen molar-refractivity contribution in [2.45, 2.75) is 19.1 Å². The molecule has 2 aromatic carbocycles. The molecule has 3 rings (SSSR count). The van der Waals surface area contributed by atoms with Crippen molar-refractivity contribution in [1.29, 1.82) is 0 Å². The summed E-state index contributed by atoms with van der Waals surface area (Å²) in [6.45, 7) is 1.46. The summed E-state index contributed by atoms with van der Waals surface area (Å²) in [5, 5.41) is 6.38. The highest BCUT2D eigenvalue weighted by Gasteiger charge is 2.31. The molecule has 3 aromatic rings. The molecule has 11 heteroatoms. The van der Waals surface area contributed by atoms with Gasteiger partial charge in [-0.1, -0.05) is 0 Å². The van der Waals surface area contributed by atoms with E-state index in [1.807, 2.05) is 0 Å². The number of nitrogens with two attached hydrogens (primary N) is 1. The first-order valence-corrected chi connectivity index (χ1v) is 9.22. The normalized spacial score (nSPS) is 12.3. The second-order valence-corrected chi connectivity index (χ2v) is 6.87. The molecule has 0 aliphatic heterocycles. The summed E-state index contributed by atoms with van der Waals surface area (Å²) in [5.41, 5.74) is 3.49. The number of ether oxygens (including phenoxy) is 1. The van der Waals surface area contributed by atoms with E-state index in [4.69, 9.17) is 10.5 Å². The topological polar surface area (TPSA) is 99.2 Å². The van der Waals surface area contributed by atoms with Crippen molar-refractivity contribution in [3.8, 4) is 11.4 Å². The van der Waals surface area contributed by atoms with Crippen LogP contribution >= 0.6 is 0 Å². The number of carbonyl (C=O) groups is 1. The average molecular weight is 450 g/mol. The first-order valence-electron chi connectivity index (χ1n) is 9.22. The van der Waals surface area contributed by atoms with Gasteiger partial charge in [0.1, 0.15) is 17.1 Å². The lowest BCUT2D eigenvalue weighted by atomic mass is 10.0. The molecule has 0 radical (unpaired) electrons. The van der Waals surface area contributed by atoms with Crippen LogP contribution in [0.2, 0.25) is 0 Å². The fourth-order valence-corrected chi connectivity index (χ4v) is 2.94. The van der Waals surface area contributed by atoms with E-state index in [0.29, 0.717) is 4.68 Å². The van der Waals surface area contributed by atoms with Crippen LogP contribution in [0.3, 0.4) is 0 Å². The third-order valence-electron chi connectivity index (χ3n) is 4.57. The lowest BCUT2D eigenvalue weighted by Crippen LogP contribution is -2.31. The molecule has 0 spiro atoms. The summed E-state index contributed by atoms with van der Waals surface area (Å²) in [4.78, 5) is 24.8. The Balaban J connectivity index is 1.89. The van der Waals surface area contributed by atoms with Gasteiger partial charge in [0.2, 0.25) is 0 Å². The van der Waals surface area contributed by atoms with Crippen LogP contribution < -0.4 is 21.3 Å². The van der Waals surface area contributed by atoms with Crippen molar-refractivity contribution in [2.24, 2.45) is 0 Å². The van der Waals surface area contributed by atoms with Gasteiger partial charge >= 0.3 is 6.18 Å². The van der Waals surface area contributed by atoms with Crippen LogP contribution in [0.5, 0.6) is 5.75 Å². The van der Waals surface area contributed by atoms with Gasteiger partial charge in [0.25, 0.3) is 11.5 Å². The number of halogens is 4. The molecular formula is C21H18F4N4O3. The molecule has 1 atom stereocenters. The Morgan fingerprint density at radius 3 is 2.50 bits per heavy atom. The summed E-state index contributed by atoms with van der Waals surface area (Å²) in [7, 11) is 1.35. The van der Waals surface area contributed by atoms with Gasteiger partial charge in [0, 0.05) is 17.8 Å². The van der Waals surface area contributed by atoms with Gasteiger partial charge in [-0.25, -0.2) is 4.39 Å². The fraction of sp³-hybridized carbons (Fsp3) is 0.190. The molecule has 0 aliphatic carbocycles. The molecule has 0 aliphatic rings. The van der Waals surface area contributed by atoms with Gasteiger partial charge in [-0.05, 0) is 48.9 Å². The van der Waals surface area contributed by atoms with Crippen LogP contribution in [-0.2, 0) is 6.18 Å². The number of benzene rings is 2. The number of carbonyl (C=O) groups excluding carboxylic acids is 1. The van der Waals surface area contributed by atoms with Crippen LogP contribution in [0.25, 0.3) is 5.69 Å². The zero-order chi connectivity index (χ0) is 23.6. The number of nitrogens with one attached hydrogen (secondary N) is 1. The summed E-state index contributed by atoms with van der Waals surface area (Å²) >= 11 is 0. The molecule has 0 saturated heterocycles. The van der Waals surface area contributed by atoms with Crippen LogP contribution in [-0.4, -0.2) is 22.8 Å². The van der Waals surface area contributed by atoms with Gasteiger partial charge in [-0.15, -0.1) is 0 Å². The highest BCUT2D eigenvalue weighted by molar-refractivity contribution is 5.92. The minimum atomic E-state index is -4.60. The highest BCUT2D eigenvalue weighted by Crippen LogP contribution is 2.32. The SMILES string of the molecule is COc1ccc(-n2nc(C(=O)N[C@H](C)c3cc(N)cc(C(F)(F)F)c3)ccc2=O)c(F)c1. The molecule has 32 heavy (non-hydrogen) atoms. The van der Waals surface area contributed by atoms with Crippen molar-refractivity contribution in [1.82, 2.24) is 15.1 Å². The van der Waals surface area contributed by atoms with Crippen LogP contribution in [0.4, 0.5) is 23.2 Å². The van der Waals surface area contributed by atoms with Crippen LogP contribution in [0.1, 0.15) is 34.6 Å². The Hall–Kier alpha value is -3.89. The third kappa shape index (κ3) is 4.88. The molecule has 7 nitrogen and oxygen atoms in total. The highest BCUT2D eigenvalue weighted by atomic mass is 19.4. The van der Waals surface area contributed by atoms with Crippen molar-refractivity contribution in [2.75, 3.05) is 12.8 Å². The van der Waals surface area contributed by atoms with E-state index >= 15 is 0 Å². The zero-order valence-corrected chi connectivity index (χ0v) is 16.9. The first-order chi connectivity index (χ1) is 15.0. The van der Waals surface area contributed by atoms with Gasteiger partial charge in [0.15, 0.2) is 5.82 Å². The van der Waals surface area contributed by atoms with E-state index in [1.165, 1.54) is 32.2 Å². The van der Waals surface area contributed by atoms with Crippen LogP contribution in [0, 0.1) is 5.82 Å². The number of amides is 1. The maximum absolute atomic E-state index is 14.4. The molecule has 168 valence electrons. The number of rotatable bonds is 5. The lowest BCUT2D eigenvalue weighted by Gasteiger charge is -2.17. The molecule has 1 heterocycles. The second-order valence-electron chi connectivity index (χ2n) is 6.87. The Morgan fingerprint density at radius 2 is 1.88 bits per heavy atom. The molecular weight excluding hydrogens is 432 g/mol. The van der Waals surface area contributed by atoms with Crippen molar-refractivity contribution < 1.29 is 27.1 Å². The number of aromatic nitrogens is 2. The van der Waals surface area contributed by atoms with Gasteiger partial charge in [-0.2, -0.15) is 23.0 Å². The Morgan fingerprint density at radius 1 is 1.16 bits per heavy atom. The number of hydrogen-bond donors (Lipinski definition) is 2. The van der Waals surface area contributed by atoms with Crippen molar-refractivity contribution in [3.63, 3.8) is 0 Å². The standard InChI is InChI=1S/C21H18F4N4O3/c1-11(12-7-13(21(23,24)25)9-14(26)8-12)27-20(31)17-4-6-19(30)29(28-17)18-5-3-15(32-2)10-16(18)22/h3-11H,26H2,1-2H3,(H,27,31)/t11-/m1/s1. The number of nitrogen functional groups attached to an aromatic ring is 1. The molecule has 1 aromatic heterocycles. The Kier molecular flexibility index (Phi) is 6.19. The second kappa shape index (κ2) is 8.69. The maximum Gasteiger partial charge on any atom is 0.416 e. The molecule has 3 N–H and O–H groups in total. The molecule has 0 saturated carbocycles. The van der Waals surface area contributed by atoms with Crippen molar-refractivity contribution in [3.05, 3.63) is 81.5 Å².